The number of nitrogens with one attached hydrogen (secondary N) is 1. The molecule has 2 N–H and O–H groups in total. The van der Waals surface area contributed by atoms with Crippen LogP contribution >= 0.6 is 7.82 Å². The van der Waals surface area contributed by atoms with Crippen molar-refractivity contribution in [1.29, 1.82) is 5.53 Å². The number of quaternary nitrogens is 1. The second-order valence-electron chi connectivity index (χ2n) is 11.4. The number of phosphoric acid groups is 1. The van der Waals surface area contributed by atoms with Crippen molar-refractivity contribution >= 4 is 13.5 Å². The molecule has 0 saturated heterocycles. The van der Waals surface area contributed by atoms with Crippen molar-refractivity contribution in [2.24, 2.45) is 5.11 Å². The molecule has 0 aliphatic carbocycles. The molecule has 8 nitrogen and oxygen atoms in total. The quantitative estimate of drug-likeness (QED) is 0.0415. The molecule has 0 radical (unpaired) electrons. The van der Waals surface area contributed by atoms with E-state index in [9.17, 15) is 9.46 Å². The Kier molecular flexibility index (Phi) is 19.5. The van der Waals surface area contributed by atoms with E-state index >= 15 is 0 Å². The SMILES string of the molecule is C[N+](C)(C)CCOP(=O)(O)OCCCCCCCCCCCCCCCCCCc1ccc(N=[N+]=N)cc1. The van der Waals surface area contributed by atoms with Crippen LogP contribution in [0.2, 0.25) is 0 Å². The van der Waals surface area contributed by atoms with Gasteiger partial charge in [0.1, 0.15) is 18.7 Å². The lowest BCUT2D eigenvalue weighted by molar-refractivity contribution is -0.870. The number of benzene rings is 1. The van der Waals surface area contributed by atoms with Crippen molar-refractivity contribution in [2.45, 2.75) is 109 Å². The lowest BCUT2D eigenvalue weighted by Crippen LogP contribution is -2.37. The molecule has 1 unspecified atom stereocenters. The van der Waals surface area contributed by atoms with Gasteiger partial charge in [0.2, 0.25) is 4.91 Å². The van der Waals surface area contributed by atoms with E-state index in [4.69, 9.17) is 14.6 Å². The number of hydrogen-bond donors (Lipinski definition) is 2. The van der Waals surface area contributed by atoms with Crippen molar-refractivity contribution in [3.8, 4) is 0 Å². The highest BCUT2D eigenvalue weighted by molar-refractivity contribution is 7.47. The van der Waals surface area contributed by atoms with Gasteiger partial charge >= 0.3 is 7.82 Å². The zero-order valence-corrected chi connectivity index (χ0v) is 25.3. The molecule has 0 saturated carbocycles. The van der Waals surface area contributed by atoms with Gasteiger partial charge in [-0.2, -0.15) is 0 Å². The maximum atomic E-state index is 11.8. The Morgan fingerprint density at radius 1 is 0.737 bits per heavy atom. The van der Waals surface area contributed by atoms with Gasteiger partial charge in [0.05, 0.1) is 27.7 Å². The third kappa shape index (κ3) is 21.5. The molecule has 0 aliphatic heterocycles. The Labute approximate surface area is 231 Å². The number of unbranched alkanes of at least 4 members (excludes halogenated alkanes) is 15. The van der Waals surface area contributed by atoms with Crippen molar-refractivity contribution in [3.05, 3.63) is 29.8 Å². The van der Waals surface area contributed by atoms with Crippen molar-refractivity contribution in [2.75, 3.05) is 40.9 Å². The van der Waals surface area contributed by atoms with Crippen LogP contribution in [0.15, 0.2) is 29.4 Å². The van der Waals surface area contributed by atoms with Crippen molar-refractivity contribution < 1.29 is 23.0 Å². The topological polar surface area (TPSA) is 106 Å². The molecule has 1 aromatic carbocycles. The van der Waals surface area contributed by atoms with Gasteiger partial charge in [-0.05, 0) is 37.0 Å². The molecule has 218 valence electrons. The highest BCUT2D eigenvalue weighted by Crippen LogP contribution is 2.43. The average molecular weight is 555 g/mol. The van der Waals surface area contributed by atoms with E-state index < -0.39 is 7.82 Å². The van der Waals surface area contributed by atoms with Gasteiger partial charge in [-0.25, -0.2) is 4.57 Å². The first kappa shape index (κ1) is 34.6. The van der Waals surface area contributed by atoms with Crippen LogP contribution < -0.4 is 4.91 Å². The highest BCUT2D eigenvalue weighted by Gasteiger charge is 2.21. The van der Waals surface area contributed by atoms with Gasteiger partial charge in [-0.15, -0.1) is 0 Å². The van der Waals surface area contributed by atoms with E-state index in [-0.39, 0.29) is 13.2 Å². The van der Waals surface area contributed by atoms with Crippen LogP contribution in [-0.4, -0.2) is 50.3 Å². The van der Waals surface area contributed by atoms with E-state index in [1.54, 1.807) is 0 Å². The van der Waals surface area contributed by atoms with Crippen LogP contribution in [0.5, 0.6) is 0 Å². The molecule has 0 fully saturated rings. The summed E-state index contributed by atoms with van der Waals surface area (Å²) in [7, 11) is 2.14. The maximum absolute atomic E-state index is 11.8. The second kappa shape index (κ2) is 21.4. The normalized spacial score (nSPS) is 13.3. The summed E-state index contributed by atoms with van der Waals surface area (Å²) >= 11 is 0. The summed E-state index contributed by atoms with van der Waals surface area (Å²) in [5.41, 5.74) is 8.84. The summed E-state index contributed by atoms with van der Waals surface area (Å²) in [4.78, 5) is 12.8. The number of hydrogen-bond acceptors (Lipinski definition) is 5. The summed E-state index contributed by atoms with van der Waals surface area (Å²) in [6, 6.07) is 8.04. The molecular formula is C29H55N4O4P+2. The molecule has 0 aliphatic rings. The Bertz CT molecular complexity index is 808. The van der Waals surface area contributed by atoms with Gasteiger partial charge in [0.25, 0.3) is 0 Å². The fourth-order valence-corrected chi connectivity index (χ4v) is 5.09. The zero-order chi connectivity index (χ0) is 28.0. The van der Waals surface area contributed by atoms with Crippen LogP contribution in [0.25, 0.3) is 0 Å². The van der Waals surface area contributed by atoms with Crippen molar-refractivity contribution in [3.63, 3.8) is 0 Å². The molecule has 9 heteroatoms. The van der Waals surface area contributed by atoms with E-state index in [1.165, 1.54) is 89.0 Å². The van der Waals surface area contributed by atoms with Crippen LogP contribution in [0.3, 0.4) is 0 Å². The lowest BCUT2D eigenvalue weighted by Gasteiger charge is -2.24. The molecule has 0 amide bonds. The van der Waals surface area contributed by atoms with Crippen LogP contribution in [0.1, 0.15) is 108 Å². The van der Waals surface area contributed by atoms with Crippen LogP contribution in [0, 0.1) is 5.53 Å². The standard InChI is InChI=1S/C29H54N4O4P/c1-33(2,3)25-27-37-38(34,35)36-26-19-17-15-13-11-9-7-5-4-6-8-10-12-14-16-18-20-28-21-23-29(24-22-28)31-32-30/h21-24,30H,4-20,25-27H2,1-3H3/q+1/p+1. The van der Waals surface area contributed by atoms with Gasteiger partial charge in [-0.1, -0.05) is 102 Å². The summed E-state index contributed by atoms with van der Waals surface area (Å²) in [6.07, 6.45) is 21.4. The fourth-order valence-electron chi connectivity index (χ4n) is 4.34. The molecule has 38 heavy (non-hydrogen) atoms. The Morgan fingerprint density at radius 3 is 1.61 bits per heavy atom. The van der Waals surface area contributed by atoms with Crippen molar-refractivity contribution in [1.82, 2.24) is 4.91 Å². The van der Waals surface area contributed by atoms with Gasteiger partial charge < -0.3 is 9.38 Å². The molecule has 0 aromatic heterocycles. The first-order chi connectivity index (χ1) is 18.2. The fraction of sp³-hybridized carbons (Fsp3) is 0.793. The van der Waals surface area contributed by atoms with E-state index in [0.29, 0.717) is 11.0 Å². The largest absolute Gasteiger partial charge is 0.472 e. The zero-order valence-electron chi connectivity index (χ0n) is 24.4. The minimum absolute atomic E-state index is 0.221. The molecule has 1 rings (SSSR count). The molecule has 0 bridgehead atoms. The number of phosphoric ester groups is 1. The Balaban J connectivity index is 1.79. The molecule has 0 heterocycles. The Morgan fingerprint density at radius 2 is 1.16 bits per heavy atom. The number of nitrogens with zero attached hydrogens (tertiary/aromatic N) is 3. The predicted molar refractivity (Wildman–Crippen MR) is 156 cm³/mol. The monoisotopic (exact) mass is 554 g/mol. The van der Waals surface area contributed by atoms with Crippen LogP contribution in [0.4, 0.5) is 5.69 Å². The predicted octanol–water partition coefficient (Wildman–Crippen LogP) is 8.49. The lowest BCUT2D eigenvalue weighted by atomic mass is 10.0. The molecule has 0 spiro atoms. The van der Waals surface area contributed by atoms with Gasteiger partial charge in [-0.3, -0.25) is 9.05 Å². The van der Waals surface area contributed by atoms with E-state index in [1.807, 2.05) is 33.3 Å². The maximum Gasteiger partial charge on any atom is 0.472 e. The van der Waals surface area contributed by atoms with Gasteiger partial charge in [0.15, 0.2) is 10.8 Å². The smallest absolute Gasteiger partial charge is 0.329 e. The molecule has 1 aromatic rings. The first-order valence-electron chi connectivity index (χ1n) is 14.8. The molecule has 1 atom stereocenters. The molecular weight excluding hydrogens is 499 g/mol. The summed E-state index contributed by atoms with van der Waals surface area (Å²) in [6.45, 7) is 1.17. The number of aryl methyl sites for hydroxylation is 1. The number of rotatable bonds is 25. The van der Waals surface area contributed by atoms with E-state index in [2.05, 4.69) is 22.2 Å². The average Bonchev–Trinajstić information content (AvgIpc) is 2.85. The first-order valence-corrected chi connectivity index (χ1v) is 16.3. The third-order valence-electron chi connectivity index (χ3n) is 6.73. The summed E-state index contributed by atoms with van der Waals surface area (Å²) < 4.78 is 22.6. The summed E-state index contributed by atoms with van der Waals surface area (Å²) in [5, 5.41) is 3.72. The summed E-state index contributed by atoms with van der Waals surface area (Å²) in [5.74, 6) is 0. The van der Waals surface area contributed by atoms with E-state index in [0.717, 1.165) is 31.4 Å². The third-order valence-corrected chi connectivity index (χ3v) is 7.75. The van der Waals surface area contributed by atoms with Crippen LogP contribution in [-0.2, 0) is 20.0 Å². The highest BCUT2D eigenvalue weighted by atomic mass is 31.2. The minimum Gasteiger partial charge on any atom is -0.329 e. The number of likely N-dealkylation sites (N-methyl/N-ethyl adjacent to an activating group) is 1. The Hall–Kier alpha value is -1.40. The minimum atomic E-state index is -3.90. The van der Waals surface area contributed by atoms with Gasteiger partial charge in [0, 0.05) is 0 Å². The second-order valence-corrected chi connectivity index (χ2v) is 12.9.